The highest BCUT2D eigenvalue weighted by molar-refractivity contribution is 5.85. The molecule has 1 aromatic carbocycles. The Bertz CT molecular complexity index is 1030. The van der Waals surface area contributed by atoms with E-state index in [2.05, 4.69) is 50.3 Å². The number of aromatic nitrogens is 3. The number of hydrogen-bond acceptors (Lipinski definition) is 7. The molecule has 7 heteroatoms. The lowest BCUT2D eigenvalue weighted by atomic mass is 9.92. The monoisotopic (exact) mass is 419 g/mol. The summed E-state index contributed by atoms with van der Waals surface area (Å²) in [7, 11) is 0. The first-order valence-electron chi connectivity index (χ1n) is 11.2. The van der Waals surface area contributed by atoms with Gasteiger partial charge in [0.2, 0.25) is 0 Å². The number of fused-ring (bicyclic) bond motifs is 1. The van der Waals surface area contributed by atoms with E-state index in [1.54, 1.807) is 12.4 Å². The van der Waals surface area contributed by atoms with Crippen molar-refractivity contribution in [1.82, 2.24) is 15.0 Å². The van der Waals surface area contributed by atoms with Crippen LogP contribution in [0.15, 0.2) is 42.9 Å². The number of benzene rings is 1. The van der Waals surface area contributed by atoms with E-state index in [1.165, 1.54) is 5.56 Å². The number of aryl methyl sites for hydroxylation is 1. The lowest BCUT2D eigenvalue weighted by molar-refractivity contribution is 0.122. The number of anilines is 2. The number of morpholine rings is 1. The van der Waals surface area contributed by atoms with Crippen molar-refractivity contribution in [2.24, 2.45) is 0 Å². The van der Waals surface area contributed by atoms with Crippen molar-refractivity contribution in [3.05, 3.63) is 48.4 Å². The van der Waals surface area contributed by atoms with Gasteiger partial charge >= 0.3 is 0 Å². The third-order valence-corrected chi connectivity index (χ3v) is 6.22. The average Bonchev–Trinajstić information content (AvgIpc) is 2.82. The van der Waals surface area contributed by atoms with Crippen LogP contribution in [0.5, 0.6) is 5.75 Å². The molecule has 7 nitrogen and oxygen atoms in total. The van der Waals surface area contributed by atoms with E-state index in [1.807, 2.05) is 12.3 Å². The van der Waals surface area contributed by atoms with Crippen molar-refractivity contribution in [2.75, 3.05) is 36.5 Å². The molecule has 2 aliphatic rings. The molecule has 2 fully saturated rings. The van der Waals surface area contributed by atoms with E-state index in [0.29, 0.717) is 6.04 Å². The second kappa shape index (κ2) is 9.06. The van der Waals surface area contributed by atoms with Gasteiger partial charge < -0.3 is 19.7 Å². The summed E-state index contributed by atoms with van der Waals surface area (Å²) in [5.41, 5.74) is 4.03. The highest BCUT2D eigenvalue weighted by Gasteiger charge is 2.24. The summed E-state index contributed by atoms with van der Waals surface area (Å²) >= 11 is 0. The topological polar surface area (TPSA) is 72.4 Å². The van der Waals surface area contributed by atoms with Crippen molar-refractivity contribution in [3.8, 4) is 5.75 Å². The van der Waals surface area contributed by atoms with Gasteiger partial charge in [-0.05, 0) is 50.3 Å². The average molecular weight is 420 g/mol. The summed E-state index contributed by atoms with van der Waals surface area (Å²) in [6, 6.07) is 8.74. The van der Waals surface area contributed by atoms with Crippen LogP contribution in [0.2, 0.25) is 0 Å². The molecule has 0 radical (unpaired) electrons. The van der Waals surface area contributed by atoms with Crippen molar-refractivity contribution in [1.29, 1.82) is 0 Å². The predicted molar refractivity (Wildman–Crippen MR) is 122 cm³/mol. The van der Waals surface area contributed by atoms with Crippen LogP contribution >= 0.6 is 0 Å². The fraction of sp³-hybridized carbons (Fsp3) is 0.458. The molecule has 0 amide bonds. The highest BCUT2D eigenvalue weighted by atomic mass is 16.5. The lowest BCUT2D eigenvalue weighted by Crippen LogP contribution is -2.36. The van der Waals surface area contributed by atoms with Gasteiger partial charge in [-0.3, -0.25) is 4.98 Å². The Balaban J connectivity index is 1.28. The minimum Gasteiger partial charge on any atom is -0.488 e. The van der Waals surface area contributed by atoms with Crippen LogP contribution in [-0.2, 0) is 4.74 Å². The summed E-state index contributed by atoms with van der Waals surface area (Å²) in [6.07, 6.45) is 9.65. The molecular weight excluding hydrogens is 390 g/mol. The minimum absolute atomic E-state index is 0.188. The maximum absolute atomic E-state index is 6.52. The Morgan fingerprint density at radius 1 is 1.00 bits per heavy atom. The standard InChI is InChI=1S/C24H29N5O2/c1-17-3-2-8-27-24(17)28-18-4-6-20(7-5-18)31-22-16-19(29-11-13-30-14-12-29)15-21-23(22)26-10-9-25-21/h2-3,8-10,15-16,18,20H,4-7,11-14H2,1H3,(H,27,28). The van der Waals surface area contributed by atoms with E-state index in [-0.39, 0.29) is 6.10 Å². The van der Waals surface area contributed by atoms with Gasteiger partial charge in [-0.1, -0.05) is 6.07 Å². The fourth-order valence-electron chi connectivity index (χ4n) is 4.46. The van der Waals surface area contributed by atoms with Crippen molar-refractivity contribution in [3.63, 3.8) is 0 Å². The summed E-state index contributed by atoms with van der Waals surface area (Å²) < 4.78 is 12.0. The van der Waals surface area contributed by atoms with E-state index in [4.69, 9.17) is 9.47 Å². The van der Waals surface area contributed by atoms with Crippen molar-refractivity contribution < 1.29 is 9.47 Å². The first kappa shape index (κ1) is 20.0. The Labute approximate surface area is 182 Å². The molecule has 3 aromatic rings. The lowest BCUT2D eigenvalue weighted by Gasteiger charge is -2.31. The third kappa shape index (κ3) is 4.56. The molecule has 5 rings (SSSR count). The van der Waals surface area contributed by atoms with Crippen LogP contribution in [0.25, 0.3) is 11.0 Å². The van der Waals surface area contributed by atoms with Crippen LogP contribution in [0, 0.1) is 6.92 Å². The Kier molecular flexibility index (Phi) is 5.84. The van der Waals surface area contributed by atoms with Gasteiger partial charge in [0, 0.05) is 49.5 Å². The van der Waals surface area contributed by atoms with Gasteiger partial charge in [0.25, 0.3) is 0 Å². The van der Waals surface area contributed by atoms with Gasteiger partial charge in [-0.25, -0.2) is 9.97 Å². The normalized spacial score (nSPS) is 21.8. The van der Waals surface area contributed by atoms with Crippen LogP contribution < -0.4 is 15.0 Å². The molecule has 1 aliphatic heterocycles. The molecule has 1 N–H and O–H groups in total. The Morgan fingerprint density at radius 3 is 2.61 bits per heavy atom. The number of nitrogens with one attached hydrogen (secondary N) is 1. The van der Waals surface area contributed by atoms with Gasteiger partial charge in [-0.15, -0.1) is 0 Å². The fourth-order valence-corrected chi connectivity index (χ4v) is 4.46. The molecular formula is C24H29N5O2. The Morgan fingerprint density at radius 2 is 1.81 bits per heavy atom. The second-order valence-corrected chi connectivity index (χ2v) is 8.37. The molecule has 2 aromatic heterocycles. The van der Waals surface area contributed by atoms with E-state index in [0.717, 1.165) is 80.3 Å². The first-order chi connectivity index (χ1) is 15.3. The summed E-state index contributed by atoms with van der Waals surface area (Å²) in [4.78, 5) is 15.9. The molecule has 0 spiro atoms. The maximum atomic E-state index is 6.52. The summed E-state index contributed by atoms with van der Waals surface area (Å²) in [6.45, 7) is 5.37. The van der Waals surface area contributed by atoms with E-state index >= 15 is 0 Å². The van der Waals surface area contributed by atoms with Gasteiger partial charge in [0.05, 0.1) is 24.8 Å². The van der Waals surface area contributed by atoms with Crippen LogP contribution in [-0.4, -0.2) is 53.4 Å². The van der Waals surface area contributed by atoms with Crippen LogP contribution in [0.1, 0.15) is 31.2 Å². The molecule has 1 saturated heterocycles. The summed E-state index contributed by atoms with van der Waals surface area (Å²) in [5.74, 6) is 1.83. The number of ether oxygens (including phenoxy) is 2. The zero-order chi connectivity index (χ0) is 21.0. The zero-order valence-corrected chi connectivity index (χ0v) is 18.0. The third-order valence-electron chi connectivity index (χ3n) is 6.22. The molecule has 0 atom stereocenters. The minimum atomic E-state index is 0.188. The predicted octanol–water partition coefficient (Wildman–Crippen LogP) is 3.97. The van der Waals surface area contributed by atoms with Crippen molar-refractivity contribution in [2.45, 2.75) is 44.8 Å². The van der Waals surface area contributed by atoms with Gasteiger partial charge in [-0.2, -0.15) is 0 Å². The van der Waals surface area contributed by atoms with Crippen molar-refractivity contribution >= 4 is 22.5 Å². The SMILES string of the molecule is Cc1cccnc1NC1CCC(Oc2cc(N3CCOCC3)cc3nccnc23)CC1. The zero-order valence-electron chi connectivity index (χ0n) is 18.0. The molecule has 3 heterocycles. The Hall–Kier alpha value is -2.93. The number of pyridine rings is 1. The quantitative estimate of drug-likeness (QED) is 0.671. The molecule has 0 bridgehead atoms. The van der Waals surface area contributed by atoms with Crippen LogP contribution in [0.3, 0.4) is 0 Å². The second-order valence-electron chi connectivity index (χ2n) is 8.37. The molecule has 31 heavy (non-hydrogen) atoms. The van der Waals surface area contributed by atoms with E-state index in [9.17, 15) is 0 Å². The number of hydrogen-bond donors (Lipinski definition) is 1. The largest absolute Gasteiger partial charge is 0.488 e. The number of rotatable bonds is 5. The highest BCUT2D eigenvalue weighted by Crippen LogP contribution is 2.33. The van der Waals surface area contributed by atoms with E-state index < -0.39 is 0 Å². The molecule has 162 valence electrons. The van der Waals surface area contributed by atoms with Gasteiger partial charge in [0.15, 0.2) is 0 Å². The number of nitrogens with zero attached hydrogens (tertiary/aromatic N) is 4. The smallest absolute Gasteiger partial charge is 0.149 e. The first-order valence-corrected chi connectivity index (χ1v) is 11.2. The van der Waals surface area contributed by atoms with Gasteiger partial charge in [0.1, 0.15) is 17.1 Å². The van der Waals surface area contributed by atoms with Crippen LogP contribution in [0.4, 0.5) is 11.5 Å². The maximum Gasteiger partial charge on any atom is 0.149 e. The molecule has 0 unspecified atom stereocenters. The summed E-state index contributed by atoms with van der Waals surface area (Å²) in [5, 5.41) is 3.61. The molecule has 1 saturated carbocycles. The molecule has 1 aliphatic carbocycles.